The first-order valence-electron chi connectivity index (χ1n) is 3.91. The van der Waals surface area contributed by atoms with Gasteiger partial charge in [-0.2, -0.15) is 0 Å². The first kappa shape index (κ1) is 11.1. The maximum absolute atomic E-state index is 10.5. The zero-order valence-corrected chi connectivity index (χ0v) is 7.08. The Kier molecular flexibility index (Phi) is 4.54. The van der Waals surface area contributed by atoms with Crippen LogP contribution in [0.2, 0.25) is 0 Å². The fourth-order valence-electron chi connectivity index (χ4n) is 0.849. The van der Waals surface area contributed by atoms with Crippen LogP contribution in [0.15, 0.2) is 12.7 Å². The number of carboxylic acids is 1. The van der Waals surface area contributed by atoms with E-state index >= 15 is 0 Å². The molecule has 0 fully saturated rings. The summed E-state index contributed by atoms with van der Waals surface area (Å²) in [5, 5.41) is 10.5. The highest BCUT2D eigenvalue weighted by Crippen LogP contribution is 2.11. The van der Waals surface area contributed by atoms with Crippen LogP contribution in [0.3, 0.4) is 0 Å². The van der Waals surface area contributed by atoms with E-state index in [1.54, 1.807) is 0 Å². The summed E-state index contributed by atoms with van der Waals surface area (Å²) in [6.07, 6.45) is 2.97. The quantitative estimate of drug-likeness (QED) is 0.386. The molecule has 0 aromatic heterocycles. The minimum atomic E-state index is -1.39. The second-order valence-electron chi connectivity index (χ2n) is 2.78. The van der Waals surface area contributed by atoms with Gasteiger partial charge in [-0.1, -0.05) is 6.08 Å². The van der Waals surface area contributed by atoms with E-state index in [-0.39, 0.29) is 0 Å². The topological polar surface area (TPSA) is 92.2 Å². The van der Waals surface area contributed by atoms with Crippen LogP contribution in [0.25, 0.3) is 0 Å². The second kappa shape index (κ2) is 4.90. The van der Waals surface area contributed by atoms with E-state index in [2.05, 4.69) is 6.58 Å². The molecule has 4 nitrogen and oxygen atoms in total. The standard InChI is InChI=1S/C8H16N2O2/c1-2-8(10,7(11)12)5-3-4-6-9/h2H,1,3-6,9-10H2,(H,11,12)/p-1/t8-/m0/s1. The summed E-state index contributed by atoms with van der Waals surface area (Å²) in [5.74, 6) is -1.28. The van der Waals surface area contributed by atoms with E-state index in [4.69, 9.17) is 11.5 Å². The molecule has 0 aromatic carbocycles. The largest absolute Gasteiger partial charge is 0.548 e. The Hall–Kier alpha value is -0.870. The molecule has 0 rings (SSSR count). The summed E-state index contributed by atoms with van der Waals surface area (Å²) in [6, 6.07) is 0. The van der Waals surface area contributed by atoms with Crippen molar-refractivity contribution in [3.8, 4) is 0 Å². The lowest BCUT2D eigenvalue weighted by Crippen LogP contribution is -2.53. The summed E-state index contributed by atoms with van der Waals surface area (Å²) in [6.45, 7) is 3.90. The molecule has 0 amide bonds. The Morgan fingerprint density at radius 2 is 2.17 bits per heavy atom. The van der Waals surface area contributed by atoms with Gasteiger partial charge < -0.3 is 21.4 Å². The molecule has 0 aliphatic carbocycles. The number of carbonyl (C=O) groups is 1. The maximum atomic E-state index is 10.5. The predicted molar refractivity (Wildman–Crippen MR) is 45.0 cm³/mol. The predicted octanol–water partition coefficient (Wildman–Crippen LogP) is -1.25. The van der Waals surface area contributed by atoms with Crippen molar-refractivity contribution in [1.82, 2.24) is 0 Å². The van der Waals surface area contributed by atoms with Crippen molar-refractivity contribution in [2.45, 2.75) is 24.8 Å². The van der Waals surface area contributed by atoms with Crippen LogP contribution in [0.4, 0.5) is 0 Å². The number of carbonyl (C=O) groups excluding carboxylic acids is 1. The number of carboxylic acid groups (broad SMARTS) is 1. The van der Waals surface area contributed by atoms with Crippen LogP contribution in [-0.2, 0) is 4.79 Å². The van der Waals surface area contributed by atoms with Gasteiger partial charge in [-0.05, 0) is 25.8 Å². The third kappa shape index (κ3) is 3.02. The molecule has 0 saturated heterocycles. The Labute approximate surface area is 72.2 Å². The van der Waals surface area contributed by atoms with Crippen molar-refractivity contribution in [3.05, 3.63) is 12.7 Å². The average molecular weight is 171 g/mol. The summed E-state index contributed by atoms with van der Waals surface area (Å²) in [5.41, 5.74) is 9.31. The van der Waals surface area contributed by atoms with Gasteiger partial charge >= 0.3 is 0 Å². The van der Waals surface area contributed by atoms with Crippen molar-refractivity contribution in [2.24, 2.45) is 11.5 Å². The summed E-state index contributed by atoms with van der Waals surface area (Å²) < 4.78 is 0. The fourth-order valence-corrected chi connectivity index (χ4v) is 0.849. The molecular formula is C8H15N2O2-. The molecule has 4 N–H and O–H groups in total. The highest BCUT2D eigenvalue weighted by molar-refractivity contribution is 5.78. The minimum Gasteiger partial charge on any atom is -0.548 e. The number of aliphatic carboxylic acids is 1. The van der Waals surface area contributed by atoms with Crippen molar-refractivity contribution >= 4 is 5.97 Å². The number of rotatable bonds is 6. The van der Waals surface area contributed by atoms with E-state index in [1.807, 2.05) is 0 Å². The van der Waals surface area contributed by atoms with E-state index in [1.165, 1.54) is 6.08 Å². The molecule has 12 heavy (non-hydrogen) atoms. The van der Waals surface area contributed by atoms with Crippen molar-refractivity contribution in [2.75, 3.05) is 6.54 Å². The van der Waals surface area contributed by atoms with Crippen molar-refractivity contribution < 1.29 is 9.90 Å². The molecule has 0 aliphatic heterocycles. The lowest BCUT2D eigenvalue weighted by atomic mass is 9.94. The first-order valence-corrected chi connectivity index (χ1v) is 3.91. The second-order valence-corrected chi connectivity index (χ2v) is 2.78. The van der Waals surface area contributed by atoms with Gasteiger partial charge in [0.2, 0.25) is 0 Å². The SMILES string of the molecule is C=C[C@](N)(CCCCN)C(=O)[O-]. The van der Waals surface area contributed by atoms with Gasteiger partial charge in [0.25, 0.3) is 0 Å². The molecule has 0 bridgehead atoms. The molecule has 70 valence electrons. The summed E-state index contributed by atoms with van der Waals surface area (Å²) in [7, 11) is 0. The number of hydrogen-bond donors (Lipinski definition) is 2. The molecule has 0 radical (unpaired) electrons. The van der Waals surface area contributed by atoms with Gasteiger partial charge in [0.1, 0.15) is 0 Å². The third-order valence-corrected chi connectivity index (χ3v) is 1.79. The Bertz CT molecular complexity index is 170. The highest BCUT2D eigenvalue weighted by atomic mass is 16.4. The molecule has 0 aliphatic rings. The Morgan fingerprint density at radius 1 is 1.58 bits per heavy atom. The number of unbranched alkanes of at least 4 members (excludes halogenated alkanes) is 1. The van der Waals surface area contributed by atoms with Gasteiger partial charge in [-0.15, -0.1) is 6.58 Å². The van der Waals surface area contributed by atoms with Gasteiger partial charge in [0, 0.05) is 0 Å². The van der Waals surface area contributed by atoms with Gasteiger partial charge in [-0.3, -0.25) is 0 Å². The molecule has 4 heteroatoms. The number of hydrogen-bond acceptors (Lipinski definition) is 4. The molecule has 0 spiro atoms. The van der Waals surface area contributed by atoms with E-state index in [0.29, 0.717) is 19.4 Å². The van der Waals surface area contributed by atoms with Gasteiger partial charge in [-0.25, -0.2) is 0 Å². The first-order chi connectivity index (χ1) is 5.56. The van der Waals surface area contributed by atoms with Crippen LogP contribution in [0.5, 0.6) is 0 Å². The normalized spacial score (nSPS) is 15.2. The van der Waals surface area contributed by atoms with Crippen LogP contribution < -0.4 is 16.6 Å². The fraction of sp³-hybridized carbons (Fsp3) is 0.625. The zero-order valence-electron chi connectivity index (χ0n) is 7.08. The van der Waals surface area contributed by atoms with E-state index < -0.39 is 11.5 Å². The van der Waals surface area contributed by atoms with E-state index in [9.17, 15) is 9.90 Å². The van der Waals surface area contributed by atoms with Crippen LogP contribution >= 0.6 is 0 Å². The maximum Gasteiger partial charge on any atom is 0.0739 e. The van der Waals surface area contributed by atoms with Gasteiger partial charge in [0.15, 0.2) is 0 Å². The third-order valence-electron chi connectivity index (χ3n) is 1.79. The highest BCUT2D eigenvalue weighted by Gasteiger charge is 2.21. The molecule has 1 atom stereocenters. The summed E-state index contributed by atoms with van der Waals surface area (Å²) >= 11 is 0. The molecule has 0 saturated carbocycles. The molecule has 0 aromatic rings. The summed E-state index contributed by atoms with van der Waals surface area (Å²) in [4.78, 5) is 10.5. The lowest BCUT2D eigenvalue weighted by molar-refractivity contribution is -0.311. The van der Waals surface area contributed by atoms with Crippen molar-refractivity contribution in [1.29, 1.82) is 0 Å². The van der Waals surface area contributed by atoms with Crippen molar-refractivity contribution in [3.63, 3.8) is 0 Å². The van der Waals surface area contributed by atoms with Crippen LogP contribution in [-0.4, -0.2) is 18.1 Å². The monoisotopic (exact) mass is 171 g/mol. The Balaban J connectivity index is 3.97. The van der Waals surface area contributed by atoms with Crippen LogP contribution in [0.1, 0.15) is 19.3 Å². The minimum absolute atomic E-state index is 0.329. The van der Waals surface area contributed by atoms with Gasteiger partial charge in [0.05, 0.1) is 11.5 Å². The average Bonchev–Trinajstić information content (AvgIpc) is 2.04. The lowest BCUT2D eigenvalue weighted by Gasteiger charge is -2.26. The number of nitrogens with two attached hydrogens (primary N) is 2. The molecular weight excluding hydrogens is 156 g/mol. The molecule has 0 unspecified atom stereocenters. The smallest absolute Gasteiger partial charge is 0.0739 e. The Morgan fingerprint density at radius 3 is 2.50 bits per heavy atom. The zero-order chi connectivity index (χ0) is 9.61. The van der Waals surface area contributed by atoms with Crippen LogP contribution in [0, 0.1) is 0 Å². The van der Waals surface area contributed by atoms with E-state index in [0.717, 1.165) is 6.42 Å². The molecule has 0 heterocycles.